The molecule has 1 aromatic carbocycles. The molecule has 2 aromatic rings. The Morgan fingerprint density at radius 3 is 2.85 bits per heavy atom. The van der Waals surface area contributed by atoms with E-state index >= 15 is 0 Å². The van der Waals surface area contributed by atoms with Crippen LogP contribution in [-0.2, 0) is 11.3 Å². The molecule has 0 aliphatic heterocycles. The molecule has 0 radical (unpaired) electrons. The van der Waals surface area contributed by atoms with Gasteiger partial charge in [-0.3, -0.25) is 4.79 Å². The summed E-state index contributed by atoms with van der Waals surface area (Å²) in [5.74, 6) is -1.50. The van der Waals surface area contributed by atoms with Crippen molar-refractivity contribution in [3.8, 4) is 11.4 Å². The largest absolute Gasteiger partial charge is 0.481 e. The molecule has 20 heavy (non-hydrogen) atoms. The van der Waals surface area contributed by atoms with Crippen molar-refractivity contribution in [2.24, 2.45) is 5.41 Å². The maximum Gasteiger partial charge on any atom is 0.310 e. The number of rotatable bonds is 4. The van der Waals surface area contributed by atoms with Crippen molar-refractivity contribution < 1.29 is 14.3 Å². The van der Waals surface area contributed by atoms with Gasteiger partial charge >= 0.3 is 5.97 Å². The lowest BCUT2D eigenvalue weighted by Gasteiger charge is -2.19. The van der Waals surface area contributed by atoms with Gasteiger partial charge in [-0.25, -0.2) is 9.07 Å². The van der Waals surface area contributed by atoms with Crippen LogP contribution < -0.4 is 0 Å². The Hall–Kier alpha value is -2.02. The summed E-state index contributed by atoms with van der Waals surface area (Å²) in [5.41, 5.74) is -0.956. The Labute approximate surface area is 119 Å². The van der Waals surface area contributed by atoms with E-state index in [-0.39, 0.29) is 23.0 Å². The predicted molar refractivity (Wildman–Crippen MR) is 69.6 cm³/mol. The summed E-state index contributed by atoms with van der Waals surface area (Å²) in [6.07, 6.45) is 0. The van der Waals surface area contributed by atoms with E-state index < -0.39 is 17.2 Å². The highest BCUT2D eigenvalue weighted by atomic mass is 35.5. The number of tetrazole rings is 1. The van der Waals surface area contributed by atoms with Crippen LogP contribution in [0.15, 0.2) is 18.2 Å². The van der Waals surface area contributed by atoms with Crippen molar-refractivity contribution >= 4 is 17.6 Å². The van der Waals surface area contributed by atoms with E-state index in [0.717, 1.165) is 0 Å². The van der Waals surface area contributed by atoms with Gasteiger partial charge in [0.05, 0.1) is 22.5 Å². The summed E-state index contributed by atoms with van der Waals surface area (Å²) in [7, 11) is 0. The Bertz CT molecular complexity index is 657. The number of halogens is 2. The molecule has 1 heterocycles. The molecule has 0 fully saturated rings. The maximum absolute atomic E-state index is 14.0. The average molecular weight is 299 g/mol. The third-order valence-electron chi connectivity index (χ3n) is 2.85. The fraction of sp³-hybridized carbons (Fsp3) is 0.333. The van der Waals surface area contributed by atoms with E-state index in [9.17, 15) is 9.18 Å². The molecule has 106 valence electrons. The van der Waals surface area contributed by atoms with Crippen LogP contribution in [0.3, 0.4) is 0 Å². The van der Waals surface area contributed by atoms with Crippen molar-refractivity contribution in [1.29, 1.82) is 0 Å². The number of carbonyl (C=O) groups is 1. The van der Waals surface area contributed by atoms with Crippen molar-refractivity contribution in [3.63, 3.8) is 0 Å². The van der Waals surface area contributed by atoms with Gasteiger partial charge in [0.1, 0.15) is 0 Å². The third kappa shape index (κ3) is 2.62. The highest BCUT2D eigenvalue weighted by molar-refractivity contribution is 6.31. The normalized spacial score (nSPS) is 11.6. The lowest BCUT2D eigenvalue weighted by atomic mass is 9.94. The van der Waals surface area contributed by atoms with Crippen LogP contribution in [-0.4, -0.2) is 31.3 Å². The SMILES string of the molecule is CC(C)(Cn1nnnc1-c1cccc(Cl)c1F)C(=O)O. The smallest absolute Gasteiger partial charge is 0.310 e. The molecule has 0 atom stereocenters. The Morgan fingerprint density at radius 2 is 2.20 bits per heavy atom. The molecule has 2 rings (SSSR count). The van der Waals surface area contributed by atoms with Crippen molar-refractivity contribution in [1.82, 2.24) is 20.2 Å². The molecule has 0 aliphatic rings. The van der Waals surface area contributed by atoms with Gasteiger partial charge < -0.3 is 5.11 Å². The summed E-state index contributed by atoms with van der Waals surface area (Å²) >= 11 is 5.72. The van der Waals surface area contributed by atoms with Crippen LogP contribution in [0.1, 0.15) is 13.8 Å². The number of nitrogens with zero attached hydrogens (tertiary/aromatic N) is 4. The van der Waals surface area contributed by atoms with Crippen molar-refractivity contribution in [2.75, 3.05) is 0 Å². The Balaban J connectivity index is 2.44. The first-order valence-corrected chi connectivity index (χ1v) is 6.14. The van der Waals surface area contributed by atoms with E-state index in [1.54, 1.807) is 6.07 Å². The molecule has 0 unspecified atom stereocenters. The highest BCUT2D eigenvalue weighted by Gasteiger charge is 2.30. The molecular formula is C12H12ClFN4O2. The molecule has 0 bridgehead atoms. The fourth-order valence-corrected chi connectivity index (χ4v) is 1.80. The van der Waals surface area contributed by atoms with Gasteiger partial charge in [0.2, 0.25) is 0 Å². The van der Waals surface area contributed by atoms with Gasteiger partial charge in [-0.15, -0.1) is 5.10 Å². The quantitative estimate of drug-likeness (QED) is 0.936. The maximum atomic E-state index is 14.0. The minimum absolute atomic E-state index is 0.0105. The van der Waals surface area contributed by atoms with Gasteiger partial charge in [0, 0.05) is 0 Å². The molecule has 0 saturated heterocycles. The summed E-state index contributed by atoms with van der Waals surface area (Å²) in [4.78, 5) is 11.1. The van der Waals surface area contributed by atoms with Crippen molar-refractivity contribution in [3.05, 3.63) is 29.0 Å². The van der Waals surface area contributed by atoms with Crippen LogP contribution >= 0.6 is 11.6 Å². The van der Waals surface area contributed by atoms with Crippen LogP contribution in [0.2, 0.25) is 5.02 Å². The second-order valence-corrected chi connectivity index (χ2v) is 5.36. The van der Waals surface area contributed by atoms with Gasteiger partial charge in [0.15, 0.2) is 11.6 Å². The van der Waals surface area contributed by atoms with Crippen LogP contribution in [0.5, 0.6) is 0 Å². The number of benzene rings is 1. The summed E-state index contributed by atoms with van der Waals surface area (Å²) in [5, 5.41) is 20.0. The van der Waals surface area contributed by atoms with Crippen LogP contribution in [0.25, 0.3) is 11.4 Å². The lowest BCUT2D eigenvalue weighted by Crippen LogP contribution is -2.30. The zero-order valence-corrected chi connectivity index (χ0v) is 11.6. The fourth-order valence-electron chi connectivity index (χ4n) is 1.62. The molecule has 0 aliphatic carbocycles. The first kappa shape index (κ1) is 14.4. The summed E-state index contributed by atoms with van der Waals surface area (Å²) in [6, 6.07) is 4.47. The van der Waals surface area contributed by atoms with Crippen LogP contribution in [0.4, 0.5) is 4.39 Å². The predicted octanol–water partition coefficient (Wildman–Crippen LogP) is 2.24. The van der Waals surface area contributed by atoms with Gasteiger partial charge in [-0.1, -0.05) is 17.7 Å². The number of aromatic nitrogens is 4. The Morgan fingerprint density at radius 1 is 1.50 bits per heavy atom. The molecule has 0 amide bonds. The molecule has 6 nitrogen and oxygen atoms in total. The second-order valence-electron chi connectivity index (χ2n) is 4.95. The topological polar surface area (TPSA) is 80.9 Å². The zero-order valence-electron chi connectivity index (χ0n) is 10.8. The van der Waals surface area contributed by atoms with Gasteiger partial charge in [-0.2, -0.15) is 0 Å². The van der Waals surface area contributed by atoms with Crippen LogP contribution in [0, 0.1) is 11.2 Å². The minimum Gasteiger partial charge on any atom is -0.481 e. The monoisotopic (exact) mass is 298 g/mol. The molecule has 8 heteroatoms. The Kier molecular flexibility index (Phi) is 3.71. The highest BCUT2D eigenvalue weighted by Crippen LogP contribution is 2.27. The second kappa shape index (κ2) is 5.16. The number of hydrogen-bond acceptors (Lipinski definition) is 4. The first-order chi connectivity index (χ1) is 9.33. The molecule has 0 saturated carbocycles. The standard InChI is InChI=1S/C12H12ClFN4O2/c1-12(2,11(19)20)6-18-10(15-16-17-18)7-4-3-5-8(13)9(7)14/h3-5H,6H2,1-2H3,(H,19,20). The molecule has 1 N–H and O–H groups in total. The molecular weight excluding hydrogens is 287 g/mol. The summed E-state index contributed by atoms with van der Waals surface area (Å²) in [6.45, 7) is 3.08. The number of hydrogen-bond donors (Lipinski definition) is 1. The zero-order chi connectivity index (χ0) is 14.9. The number of carboxylic acids is 1. The van der Waals surface area contributed by atoms with Gasteiger partial charge in [-0.05, 0) is 36.4 Å². The van der Waals surface area contributed by atoms with E-state index in [0.29, 0.717) is 0 Å². The van der Waals surface area contributed by atoms with E-state index in [2.05, 4.69) is 15.5 Å². The van der Waals surface area contributed by atoms with E-state index in [1.807, 2.05) is 0 Å². The summed E-state index contributed by atoms with van der Waals surface area (Å²) < 4.78 is 15.2. The van der Waals surface area contributed by atoms with Gasteiger partial charge in [0.25, 0.3) is 0 Å². The lowest BCUT2D eigenvalue weighted by molar-refractivity contribution is -0.147. The third-order valence-corrected chi connectivity index (χ3v) is 3.14. The van der Waals surface area contributed by atoms with E-state index in [1.165, 1.54) is 30.7 Å². The molecule has 1 aromatic heterocycles. The van der Waals surface area contributed by atoms with Crippen molar-refractivity contribution in [2.45, 2.75) is 20.4 Å². The van der Waals surface area contributed by atoms with E-state index in [4.69, 9.17) is 16.7 Å². The first-order valence-electron chi connectivity index (χ1n) is 5.77. The molecule has 0 spiro atoms. The number of carboxylic acid groups (broad SMARTS) is 1. The average Bonchev–Trinajstić information content (AvgIpc) is 2.80. The number of aliphatic carboxylic acids is 1. The minimum atomic E-state index is -1.08.